The van der Waals surface area contributed by atoms with Gasteiger partial charge in [0.25, 0.3) is 0 Å². The summed E-state index contributed by atoms with van der Waals surface area (Å²) in [6.45, 7) is -6.03. The van der Waals surface area contributed by atoms with Crippen LogP contribution in [0.3, 0.4) is 0 Å². The first-order valence-corrected chi connectivity index (χ1v) is 3.16. The lowest BCUT2D eigenvalue weighted by molar-refractivity contribution is 0.0121. The van der Waals surface area contributed by atoms with E-state index < -0.39 is 19.3 Å². The highest BCUT2D eigenvalue weighted by Crippen LogP contribution is 2.28. The van der Waals surface area contributed by atoms with Crippen LogP contribution in [0.1, 0.15) is 21.9 Å². The zero-order valence-electron chi connectivity index (χ0n) is 10.5. The first-order valence-electron chi connectivity index (χ1n) is 5.24. The van der Waals surface area contributed by atoms with Gasteiger partial charge < -0.3 is 9.47 Å². The van der Waals surface area contributed by atoms with E-state index in [0.717, 1.165) is 4.99 Å². The van der Waals surface area contributed by atoms with Gasteiger partial charge in [0.2, 0.25) is 0 Å². The molecule has 1 saturated heterocycles. The Morgan fingerprint density at radius 2 is 2.67 bits per heavy atom. The molecular weight excluding hydrogens is 184 g/mol. The molecule has 9 heavy (non-hydrogen) atoms. The highest BCUT2D eigenvalue weighted by molar-refractivity contribution is 9.11. The number of hydrogen-bond donors (Lipinski definition) is 0. The normalized spacial score (nSPS) is 41.2. The van der Waals surface area contributed by atoms with Gasteiger partial charge in [0, 0.05) is 13.2 Å². The van der Waals surface area contributed by atoms with E-state index in [-0.39, 0.29) is 12.6 Å². The maximum atomic E-state index is 7.27. The summed E-state index contributed by atoms with van der Waals surface area (Å²) < 4.78 is 53.3. The Morgan fingerprint density at radius 3 is 3.11 bits per heavy atom. The van der Waals surface area contributed by atoms with Crippen LogP contribution in [0.15, 0.2) is 10.7 Å². The van der Waals surface area contributed by atoms with Gasteiger partial charge in [0.05, 0.1) is 0 Å². The van der Waals surface area contributed by atoms with Crippen molar-refractivity contribution < 1.29 is 17.7 Å². The van der Waals surface area contributed by atoms with Crippen molar-refractivity contribution in [3.05, 3.63) is 10.7 Å². The molecule has 0 aromatic carbocycles. The molecule has 0 amide bonds. The Balaban J connectivity index is 3.32. The van der Waals surface area contributed by atoms with Gasteiger partial charge in [-0.15, -0.1) is 0 Å². The average molecular weight is 199 g/mol. The van der Waals surface area contributed by atoms with E-state index in [4.69, 9.17) is 17.7 Å². The summed E-state index contributed by atoms with van der Waals surface area (Å²) in [7, 11) is 0. The van der Waals surface area contributed by atoms with Crippen LogP contribution < -0.4 is 0 Å². The lowest BCUT2D eigenvalue weighted by Crippen LogP contribution is -2.19. The first kappa shape index (κ1) is 2.55. The summed E-state index contributed by atoms with van der Waals surface area (Å²) in [6, 6.07) is 0. The molecule has 3 heteroatoms. The van der Waals surface area contributed by atoms with E-state index in [0.29, 0.717) is 0 Å². The summed E-state index contributed by atoms with van der Waals surface area (Å²) in [5.74, 6) is -0.234. The van der Waals surface area contributed by atoms with Crippen molar-refractivity contribution in [2.24, 2.45) is 0 Å². The highest BCUT2D eigenvalue weighted by Gasteiger charge is 2.31. The van der Waals surface area contributed by atoms with Gasteiger partial charge in [-0.05, 0) is 13.7 Å². The molecule has 52 valence electrons. The predicted octanol–water partition coefficient (Wildman–Crippen LogP) is 2.01. The van der Waals surface area contributed by atoms with E-state index >= 15 is 0 Å². The van der Waals surface area contributed by atoms with E-state index in [1.54, 1.807) is 0 Å². The number of ether oxygens (including phenoxy) is 2. The fraction of sp³-hybridized carbons (Fsp3) is 0.667. The molecule has 1 rings (SSSR count). The molecule has 0 aliphatic carbocycles. The topological polar surface area (TPSA) is 18.5 Å². The van der Waals surface area contributed by atoms with E-state index in [1.807, 2.05) is 0 Å². The Labute approximate surface area is 71.4 Å². The molecule has 2 nitrogen and oxygen atoms in total. The molecule has 0 saturated carbocycles. The van der Waals surface area contributed by atoms with E-state index in [1.165, 1.54) is 0 Å². The van der Waals surface area contributed by atoms with Crippen LogP contribution in [-0.4, -0.2) is 12.4 Å². The van der Waals surface area contributed by atoms with Gasteiger partial charge in [0.1, 0.15) is 11.4 Å². The maximum absolute atomic E-state index is 7.27. The molecule has 0 aromatic heterocycles. The van der Waals surface area contributed by atoms with Crippen molar-refractivity contribution in [1.29, 1.82) is 0 Å². The van der Waals surface area contributed by atoms with Crippen molar-refractivity contribution in [1.82, 2.24) is 0 Å². The van der Waals surface area contributed by atoms with Crippen molar-refractivity contribution in [2.45, 2.75) is 19.3 Å². The molecule has 0 aromatic rings. The van der Waals surface area contributed by atoms with E-state index in [9.17, 15) is 0 Å². The number of hydrogen-bond acceptors (Lipinski definition) is 2. The van der Waals surface area contributed by atoms with Gasteiger partial charge in [-0.1, -0.05) is 15.9 Å². The highest BCUT2D eigenvalue weighted by atomic mass is 79.9. The monoisotopic (exact) mass is 198 g/mol. The molecule has 0 unspecified atom stereocenters. The smallest absolute Gasteiger partial charge is 0.189 e. The lowest BCUT2D eigenvalue weighted by Gasteiger charge is -2.13. The largest absolute Gasteiger partial charge is 0.468 e. The third-order valence-corrected chi connectivity index (χ3v) is 1.35. The zero-order valence-corrected chi connectivity index (χ0v) is 6.06. The molecular formula is C6H9BrO2. The zero-order chi connectivity index (χ0) is 11.9. The first-order chi connectivity index (χ1) is 6.67. The van der Waals surface area contributed by atoms with Gasteiger partial charge in [-0.3, -0.25) is 0 Å². The van der Waals surface area contributed by atoms with Crippen molar-refractivity contribution in [2.75, 3.05) is 6.79 Å². The number of rotatable bonds is 0. The standard InChI is InChI=1S/C6H9BrO2/c1-6(2)5(3-7)8-4-9-6/h3H,4H2,1-2H3/i1D3,2D3. The fourth-order valence-electron chi connectivity index (χ4n) is 0.462. The number of halogens is 1. The molecule has 0 bridgehead atoms. The summed E-state index contributed by atoms with van der Waals surface area (Å²) in [5.41, 5.74) is -2.37. The van der Waals surface area contributed by atoms with Crippen LogP contribution in [0.25, 0.3) is 0 Å². The van der Waals surface area contributed by atoms with Crippen LogP contribution in [0.4, 0.5) is 0 Å². The van der Waals surface area contributed by atoms with Gasteiger partial charge in [0.15, 0.2) is 6.79 Å². The van der Waals surface area contributed by atoms with Crippen LogP contribution >= 0.6 is 15.9 Å². The van der Waals surface area contributed by atoms with Crippen molar-refractivity contribution in [3.8, 4) is 0 Å². The minimum absolute atomic E-state index is 0.234. The summed E-state index contributed by atoms with van der Waals surface area (Å²) in [6.07, 6.45) is 0. The van der Waals surface area contributed by atoms with Gasteiger partial charge in [-0.2, -0.15) is 0 Å². The Hall–Kier alpha value is -0.0200. The lowest BCUT2D eigenvalue weighted by atomic mass is 10.1. The SMILES string of the molecule is [2H]C([2H])([2H])C1(C([2H])([2H])[2H])OCOC1=CBr. The summed E-state index contributed by atoms with van der Waals surface area (Å²) in [5, 5.41) is 0. The Morgan fingerprint density at radius 1 is 1.89 bits per heavy atom. The molecule has 0 N–H and O–H groups in total. The van der Waals surface area contributed by atoms with Gasteiger partial charge in [-0.25, -0.2) is 0 Å². The fourth-order valence-corrected chi connectivity index (χ4v) is 0.917. The minimum atomic E-state index is -2.83. The van der Waals surface area contributed by atoms with E-state index in [2.05, 4.69) is 15.9 Å². The van der Waals surface area contributed by atoms with Crippen molar-refractivity contribution in [3.63, 3.8) is 0 Å². The Kier molecular flexibility index (Phi) is 0.653. The van der Waals surface area contributed by atoms with Crippen LogP contribution in [0.5, 0.6) is 0 Å². The third-order valence-electron chi connectivity index (χ3n) is 0.936. The molecule has 1 aliphatic rings. The summed E-state index contributed by atoms with van der Waals surface area (Å²) >= 11 is 2.87. The van der Waals surface area contributed by atoms with Crippen LogP contribution in [0.2, 0.25) is 0 Å². The molecule has 0 atom stereocenters. The van der Waals surface area contributed by atoms with Crippen LogP contribution in [-0.2, 0) is 9.47 Å². The second-order valence-electron chi connectivity index (χ2n) is 1.56. The second kappa shape index (κ2) is 2.31. The second-order valence-corrected chi connectivity index (χ2v) is 2.02. The minimum Gasteiger partial charge on any atom is -0.468 e. The maximum Gasteiger partial charge on any atom is 0.189 e. The van der Waals surface area contributed by atoms with Gasteiger partial charge >= 0.3 is 0 Å². The average Bonchev–Trinajstić information content (AvgIpc) is 2.44. The third kappa shape index (κ3) is 1.27. The Bertz CT molecular complexity index is 266. The molecule has 0 radical (unpaired) electrons. The summed E-state index contributed by atoms with van der Waals surface area (Å²) in [4.78, 5) is 1.12. The quantitative estimate of drug-likeness (QED) is 0.594. The van der Waals surface area contributed by atoms with Crippen molar-refractivity contribution >= 4 is 15.9 Å². The molecule has 1 fully saturated rings. The molecule has 0 spiro atoms. The molecule has 1 heterocycles. The predicted molar refractivity (Wildman–Crippen MR) is 38.1 cm³/mol. The van der Waals surface area contributed by atoms with Crippen LogP contribution in [0, 0.1) is 0 Å². The molecule has 1 aliphatic heterocycles.